The Balaban J connectivity index is 1.43. The molecule has 0 amide bonds. The van der Waals surface area contributed by atoms with Gasteiger partial charge in [-0.15, -0.1) is 0 Å². The summed E-state index contributed by atoms with van der Waals surface area (Å²) in [4.78, 5) is 4.46. The third kappa shape index (κ3) is 4.14. The highest BCUT2D eigenvalue weighted by atomic mass is 15.1. The summed E-state index contributed by atoms with van der Waals surface area (Å²) in [6, 6.07) is 26.3. The fourth-order valence-electron chi connectivity index (χ4n) is 5.89. The molecule has 0 bridgehead atoms. The average molecular weight is 564 g/mol. The summed E-state index contributed by atoms with van der Waals surface area (Å²) in [5, 5.41) is 0.434. The van der Waals surface area contributed by atoms with Gasteiger partial charge >= 0.3 is 0 Å². The maximum absolute atomic E-state index is 9.17. The second-order valence-electron chi connectivity index (χ2n) is 10.1. The average Bonchev–Trinajstić information content (AvgIpc) is 3.60. The molecule has 0 unspecified atom stereocenters. The van der Waals surface area contributed by atoms with E-state index in [0.29, 0.717) is 39.0 Å². The first-order valence-corrected chi connectivity index (χ1v) is 13.8. The van der Waals surface area contributed by atoms with Crippen LogP contribution in [-0.4, -0.2) is 9.55 Å². The Kier molecular flexibility index (Phi) is 3.67. The van der Waals surface area contributed by atoms with Gasteiger partial charge < -0.3 is 0 Å². The van der Waals surface area contributed by atoms with Crippen LogP contribution < -0.4 is 0 Å². The van der Waals surface area contributed by atoms with Gasteiger partial charge in [-0.05, 0) is 67.6 Å². The van der Waals surface area contributed by atoms with E-state index in [9.17, 15) is 2.74 Å². The minimum Gasteiger partial charge on any atom is -0.296 e. The normalized spacial score (nSPS) is 16.4. The fourth-order valence-corrected chi connectivity index (χ4v) is 5.89. The lowest BCUT2D eigenvalue weighted by Crippen LogP contribution is -2.02. The van der Waals surface area contributed by atoms with Crippen LogP contribution in [0.5, 0.6) is 0 Å². The van der Waals surface area contributed by atoms with Crippen molar-refractivity contribution in [3.63, 3.8) is 0 Å². The van der Waals surface area contributed by atoms with Crippen molar-refractivity contribution in [3.05, 3.63) is 157 Å². The maximum atomic E-state index is 9.17. The van der Waals surface area contributed by atoms with Crippen LogP contribution >= 0.6 is 0 Å². The first kappa shape index (κ1) is 15.1. The molecule has 0 radical (unpaired) electrons. The number of hydrogen-bond donors (Lipinski definition) is 0. The molecule has 43 heavy (non-hydrogen) atoms. The highest BCUT2D eigenvalue weighted by Gasteiger charge is 2.18. The highest BCUT2D eigenvalue weighted by molar-refractivity contribution is 6.21. The van der Waals surface area contributed by atoms with Crippen molar-refractivity contribution < 1.29 is 17.8 Å². The molecule has 0 spiro atoms. The minimum atomic E-state index is -3.03. The molecule has 1 heterocycles. The van der Waals surface area contributed by atoms with Crippen molar-refractivity contribution in [3.8, 4) is 39.1 Å². The van der Waals surface area contributed by atoms with Gasteiger partial charge in [0.15, 0.2) is 0 Å². The number of hydrogen-bond acceptors (Lipinski definition) is 1. The number of fused-ring (bicyclic) bond motifs is 3. The molecule has 0 aliphatic carbocycles. The van der Waals surface area contributed by atoms with Crippen LogP contribution in [-0.2, 0) is 6.37 Å². The third-order valence-corrected chi connectivity index (χ3v) is 7.74. The molecule has 7 aromatic carbocycles. The molecule has 0 saturated carbocycles. The van der Waals surface area contributed by atoms with E-state index in [1.165, 1.54) is 4.57 Å². The number of imidazole rings is 1. The van der Waals surface area contributed by atoms with Crippen molar-refractivity contribution >= 4 is 32.6 Å². The molecule has 2 nitrogen and oxygen atoms in total. The molecule has 0 saturated heterocycles. The second kappa shape index (κ2) is 10.4. The Morgan fingerprint density at radius 2 is 1.14 bits per heavy atom. The SMILES string of the molecule is [2H]c1c([2H])c([2H])c2c(-c3ccc(-c4ccccc4-n4c(C([2H])([2H])C([2H])([2H])[2H])nc5ccccc54)cc3)c3c([2H])c([2H])c([2H])c([2H])c3c(-c3ccccc3)c2c1[2H]. The summed E-state index contributed by atoms with van der Waals surface area (Å²) in [6.07, 6.45) is -2.82. The summed E-state index contributed by atoms with van der Waals surface area (Å²) in [6.45, 7) is -3.03. The summed E-state index contributed by atoms with van der Waals surface area (Å²) in [5.74, 6) is -0.289. The number of aryl methyl sites for hydroxylation is 1. The summed E-state index contributed by atoms with van der Waals surface area (Å²) < 4.78 is 114. The van der Waals surface area contributed by atoms with Crippen molar-refractivity contribution in [2.24, 2.45) is 0 Å². The van der Waals surface area contributed by atoms with E-state index in [0.717, 1.165) is 0 Å². The molecular weight excluding hydrogens is 520 g/mol. The topological polar surface area (TPSA) is 17.8 Å². The van der Waals surface area contributed by atoms with Crippen LogP contribution in [0.25, 0.3) is 71.6 Å². The lowest BCUT2D eigenvalue weighted by Gasteiger charge is -2.18. The van der Waals surface area contributed by atoms with Crippen LogP contribution in [0, 0.1) is 0 Å². The Bertz CT molecular complexity index is 2820. The molecule has 0 N–H and O–H groups in total. The van der Waals surface area contributed by atoms with Gasteiger partial charge in [0.25, 0.3) is 0 Å². The minimum absolute atomic E-state index is 0.0990. The number of benzene rings is 7. The number of para-hydroxylation sites is 3. The number of aromatic nitrogens is 2. The molecule has 8 aromatic rings. The molecule has 1 aromatic heterocycles. The number of nitrogens with zero attached hydrogens (tertiary/aromatic N) is 2. The summed E-state index contributed by atoms with van der Waals surface area (Å²) in [5.41, 5.74) is 4.01. The van der Waals surface area contributed by atoms with Gasteiger partial charge in [0.2, 0.25) is 0 Å². The molecule has 8 rings (SSSR count). The summed E-state index contributed by atoms with van der Waals surface area (Å²) >= 11 is 0. The van der Waals surface area contributed by atoms with E-state index in [2.05, 4.69) is 4.98 Å². The van der Waals surface area contributed by atoms with Gasteiger partial charge in [-0.25, -0.2) is 4.98 Å². The third-order valence-electron chi connectivity index (χ3n) is 7.74. The maximum Gasteiger partial charge on any atom is 0.114 e. The molecule has 0 aliphatic rings. The van der Waals surface area contributed by atoms with Crippen LogP contribution in [0.4, 0.5) is 0 Å². The molecule has 2 heteroatoms. The smallest absolute Gasteiger partial charge is 0.114 e. The highest BCUT2D eigenvalue weighted by Crippen LogP contribution is 2.44. The fraction of sp³-hybridized carbons (Fsp3) is 0.0488. The monoisotopic (exact) mass is 563 g/mol. The van der Waals surface area contributed by atoms with Crippen molar-refractivity contribution in [2.45, 2.75) is 13.2 Å². The Hall–Kier alpha value is -5.47. The van der Waals surface area contributed by atoms with Gasteiger partial charge in [-0.3, -0.25) is 4.57 Å². The van der Waals surface area contributed by atoms with Crippen LogP contribution in [0.1, 0.15) is 30.5 Å². The molecule has 204 valence electrons. The van der Waals surface area contributed by atoms with E-state index < -0.39 is 37.4 Å². The molecule has 0 fully saturated rings. The zero-order valence-electron chi connectivity index (χ0n) is 35.7. The van der Waals surface area contributed by atoms with E-state index in [1.54, 1.807) is 103 Å². The van der Waals surface area contributed by atoms with E-state index in [1.807, 2.05) is 0 Å². The summed E-state index contributed by atoms with van der Waals surface area (Å²) in [7, 11) is 0. The van der Waals surface area contributed by atoms with Crippen LogP contribution in [0.2, 0.25) is 0 Å². The van der Waals surface area contributed by atoms with Crippen molar-refractivity contribution in [1.82, 2.24) is 9.55 Å². The largest absolute Gasteiger partial charge is 0.296 e. The lowest BCUT2D eigenvalue weighted by molar-refractivity contribution is 0.909. The Labute approximate surface area is 269 Å². The van der Waals surface area contributed by atoms with E-state index >= 15 is 0 Å². The van der Waals surface area contributed by atoms with Gasteiger partial charge in [-0.1, -0.05) is 140 Å². The predicted molar refractivity (Wildman–Crippen MR) is 182 cm³/mol. The van der Waals surface area contributed by atoms with Crippen molar-refractivity contribution in [2.75, 3.05) is 0 Å². The zero-order chi connectivity index (χ0) is 40.0. The Morgan fingerprint density at radius 3 is 1.79 bits per heavy atom. The lowest BCUT2D eigenvalue weighted by atomic mass is 9.85. The standard InChI is InChI=1S/C41H30N2/c1-2-39-42-36-21-11-13-23-38(36)43(39)37-22-12-10-16-31(37)28-24-26-30(27-25-28)41-34-19-8-6-17-32(34)40(29-14-4-3-5-15-29)33-18-7-9-20-35(33)41/h3-27H,2H2,1H3/i1D3,2D2,6D,7D,8D,9D,17D,18D,19D,20D. The second-order valence-corrected chi connectivity index (χ2v) is 10.1. The zero-order valence-corrected chi connectivity index (χ0v) is 22.7. The van der Waals surface area contributed by atoms with Gasteiger partial charge in [0.05, 0.1) is 27.7 Å². The first-order valence-electron chi connectivity index (χ1n) is 20.3. The van der Waals surface area contributed by atoms with Crippen LogP contribution in [0.3, 0.4) is 0 Å². The number of rotatable bonds is 5. The van der Waals surface area contributed by atoms with Gasteiger partial charge in [0, 0.05) is 18.8 Å². The van der Waals surface area contributed by atoms with E-state index in [4.69, 9.17) is 15.1 Å². The van der Waals surface area contributed by atoms with Crippen LogP contribution in [0.15, 0.2) is 151 Å². The predicted octanol–water partition coefficient (Wildman–Crippen LogP) is 10.9. The van der Waals surface area contributed by atoms with Crippen molar-refractivity contribution in [1.29, 1.82) is 0 Å². The Morgan fingerprint density at radius 1 is 0.605 bits per heavy atom. The molecular formula is C41H30N2. The van der Waals surface area contributed by atoms with Gasteiger partial charge in [-0.2, -0.15) is 0 Å². The molecule has 0 atom stereocenters. The molecule has 0 aliphatic heterocycles. The first-order chi connectivity index (χ1) is 26.6. The van der Waals surface area contributed by atoms with E-state index in [-0.39, 0.29) is 62.7 Å². The van der Waals surface area contributed by atoms with Gasteiger partial charge in [0.1, 0.15) is 5.82 Å². The quantitative estimate of drug-likeness (QED) is 0.190.